The van der Waals surface area contributed by atoms with E-state index in [0.717, 1.165) is 11.8 Å². The second-order valence-corrected chi connectivity index (χ2v) is 4.01. The lowest BCUT2D eigenvalue weighted by Crippen LogP contribution is -2.25. The zero-order chi connectivity index (χ0) is 9.35. The zero-order valence-electron chi connectivity index (χ0n) is 6.80. The lowest BCUT2D eigenvalue weighted by Gasteiger charge is -2.11. The number of aliphatic carboxylic acids is 1. The molecule has 0 bridgehead atoms. The highest BCUT2D eigenvalue weighted by atomic mass is 32.1. The minimum Gasteiger partial charge on any atom is -0.479 e. The Morgan fingerprint density at radius 2 is 2.25 bits per heavy atom. The highest BCUT2D eigenvalue weighted by Gasteiger charge is 2.36. The van der Waals surface area contributed by atoms with E-state index in [2.05, 4.69) is 0 Å². The zero-order valence-corrected chi connectivity index (χ0v) is 7.61. The molecule has 0 fully saturated rings. The van der Waals surface area contributed by atoms with Crippen molar-refractivity contribution in [1.29, 1.82) is 0 Å². The molecule has 0 aromatic carbocycles. The fraction of sp³-hybridized carbons (Fsp3) is 0.375. The van der Waals surface area contributed by atoms with E-state index in [1.807, 2.05) is 6.92 Å². The summed E-state index contributed by atoms with van der Waals surface area (Å²) in [6.07, 6.45) is 0. The Bertz CT molecular complexity index is 304. The number of alkyl halides is 1. The van der Waals surface area contributed by atoms with Gasteiger partial charge in [0.15, 0.2) is 0 Å². The lowest BCUT2D eigenvalue weighted by atomic mass is 10.1. The first-order valence-electron chi connectivity index (χ1n) is 3.44. The van der Waals surface area contributed by atoms with Crippen molar-refractivity contribution in [2.45, 2.75) is 19.5 Å². The molecular formula is C8H9FO2S. The molecule has 4 heteroatoms. The van der Waals surface area contributed by atoms with Gasteiger partial charge >= 0.3 is 5.97 Å². The molecule has 1 unspecified atom stereocenters. The van der Waals surface area contributed by atoms with Crippen LogP contribution >= 0.6 is 11.3 Å². The highest BCUT2D eigenvalue weighted by Crippen LogP contribution is 2.31. The number of carboxylic acid groups (broad SMARTS) is 1. The minimum atomic E-state index is -2.25. The lowest BCUT2D eigenvalue weighted by molar-refractivity contribution is -0.150. The van der Waals surface area contributed by atoms with Gasteiger partial charge in [0.2, 0.25) is 5.67 Å². The standard InChI is InChI=1S/C8H9FO2S/c1-5-3-4-6(12-5)8(2,9)7(10)11/h3-4H,1-2H3,(H,10,11). The van der Waals surface area contributed by atoms with Crippen molar-refractivity contribution in [2.75, 3.05) is 0 Å². The molecule has 1 N–H and O–H groups in total. The van der Waals surface area contributed by atoms with E-state index >= 15 is 0 Å². The van der Waals surface area contributed by atoms with E-state index in [9.17, 15) is 9.18 Å². The Morgan fingerprint density at radius 3 is 2.58 bits per heavy atom. The second kappa shape index (κ2) is 2.86. The topological polar surface area (TPSA) is 37.3 Å². The van der Waals surface area contributed by atoms with Gasteiger partial charge < -0.3 is 5.11 Å². The van der Waals surface area contributed by atoms with Gasteiger partial charge in [-0.15, -0.1) is 11.3 Å². The van der Waals surface area contributed by atoms with Crippen LogP contribution in [0.15, 0.2) is 12.1 Å². The van der Waals surface area contributed by atoms with Gasteiger partial charge in [-0.05, 0) is 26.0 Å². The maximum Gasteiger partial charge on any atom is 0.346 e. The first-order chi connectivity index (χ1) is 5.44. The van der Waals surface area contributed by atoms with Crippen LogP contribution in [0, 0.1) is 6.92 Å². The molecule has 12 heavy (non-hydrogen) atoms. The number of hydrogen-bond acceptors (Lipinski definition) is 2. The Hall–Kier alpha value is -0.900. The fourth-order valence-corrected chi connectivity index (χ4v) is 1.69. The second-order valence-electron chi connectivity index (χ2n) is 2.72. The monoisotopic (exact) mass is 188 g/mol. The molecule has 0 saturated heterocycles. The van der Waals surface area contributed by atoms with E-state index in [1.165, 1.54) is 17.4 Å². The van der Waals surface area contributed by atoms with Crippen molar-refractivity contribution in [3.63, 3.8) is 0 Å². The van der Waals surface area contributed by atoms with Crippen LogP contribution in [0.5, 0.6) is 0 Å². The van der Waals surface area contributed by atoms with Crippen LogP contribution in [0.2, 0.25) is 0 Å². The first-order valence-corrected chi connectivity index (χ1v) is 4.25. The average molecular weight is 188 g/mol. The summed E-state index contributed by atoms with van der Waals surface area (Å²) < 4.78 is 13.4. The van der Waals surface area contributed by atoms with Crippen LogP contribution in [-0.4, -0.2) is 11.1 Å². The molecular weight excluding hydrogens is 179 g/mol. The number of thiophene rings is 1. The van der Waals surface area contributed by atoms with Crippen molar-refractivity contribution in [1.82, 2.24) is 0 Å². The van der Waals surface area contributed by atoms with Crippen molar-refractivity contribution in [2.24, 2.45) is 0 Å². The van der Waals surface area contributed by atoms with Crippen molar-refractivity contribution in [3.8, 4) is 0 Å². The molecule has 0 amide bonds. The summed E-state index contributed by atoms with van der Waals surface area (Å²) in [5.74, 6) is -1.44. The van der Waals surface area contributed by atoms with Crippen LogP contribution in [0.25, 0.3) is 0 Å². The summed E-state index contributed by atoms with van der Waals surface area (Å²) in [5, 5.41) is 8.54. The summed E-state index contributed by atoms with van der Waals surface area (Å²) >= 11 is 1.17. The number of carboxylic acids is 1. The minimum absolute atomic E-state index is 0.243. The summed E-state index contributed by atoms with van der Waals surface area (Å²) in [5.41, 5.74) is -2.25. The fourth-order valence-electron chi connectivity index (χ4n) is 0.792. The van der Waals surface area contributed by atoms with Crippen molar-refractivity contribution >= 4 is 17.3 Å². The third-order valence-electron chi connectivity index (χ3n) is 1.60. The third kappa shape index (κ3) is 1.48. The van der Waals surface area contributed by atoms with Crippen LogP contribution in [-0.2, 0) is 10.5 Å². The maximum atomic E-state index is 13.4. The van der Waals surface area contributed by atoms with E-state index in [4.69, 9.17) is 5.11 Å². The van der Waals surface area contributed by atoms with Crippen molar-refractivity contribution < 1.29 is 14.3 Å². The number of rotatable bonds is 2. The van der Waals surface area contributed by atoms with Gasteiger partial charge in [-0.2, -0.15) is 0 Å². The summed E-state index contributed by atoms with van der Waals surface area (Å²) in [7, 11) is 0. The van der Waals surface area contributed by atoms with E-state index in [0.29, 0.717) is 0 Å². The molecule has 0 aliphatic carbocycles. The first kappa shape index (κ1) is 9.19. The molecule has 1 heterocycles. The molecule has 66 valence electrons. The molecule has 1 aromatic heterocycles. The summed E-state index contributed by atoms with van der Waals surface area (Å²) in [6.45, 7) is 2.87. The van der Waals surface area contributed by atoms with Crippen LogP contribution in [0.4, 0.5) is 4.39 Å². The van der Waals surface area contributed by atoms with Gasteiger partial charge in [0.05, 0.1) is 4.88 Å². The molecule has 1 atom stereocenters. The average Bonchev–Trinajstić information content (AvgIpc) is 2.35. The van der Waals surface area contributed by atoms with Gasteiger partial charge in [0.25, 0.3) is 0 Å². The van der Waals surface area contributed by atoms with Gasteiger partial charge in [0.1, 0.15) is 0 Å². The largest absolute Gasteiger partial charge is 0.479 e. The highest BCUT2D eigenvalue weighted by molar-refractivity contribution is 7.12. The van der Waals surface area contributed by atoms with Crippen LogP contribution in [0.1, 0.15) is 16.7 Å². The smallest absolute Gasteiger partial charge is 0.346 e. The Balaban J connectivity index is 3.05. The van der Waals surface area contributed by atoms with E-state index in [-0.39, 0.29) is 4.88 Å². The summed E-state index contributed by atoms with van der Waals surface area (Å²) in [6, 6.07) is 3.22. The molecule has 0 saturated carbocycles. The maximum absolute atomic E-state index is 13.4. The normalized spacial score (nSPS) is 15.6. The predicted octanol–water partition coefficient (Wildman–Crippen LogP) is 2.33. The van der Waals surface area contributed by atoms with E-state index < -0.39 is 11.6 Å². The number of aryl methyl sites for hydroxylation is 1. The number of carbonyl (C=O) groups is 1. The van der Waals surface area contributed by atoms with Crippen LogP contribution in [0.3, 0.4) is 0 Å². The quantitative estimate of drug-likeness (QED) is 0.773. The van der Waals surface area contributed by atoms with Gasteiger partial charge in [-0.3, -0.25) is 0 Å². The predicted molar refractivity (Wildman–Crippen MR) is 45.2 cm³/mol. The molecule has 0 aliphatic heterocycles. The molecule has 1 aromatic rings. The molecule has 2 nitrogen and oxygen atoms in total. The van der Waals surface area contributed by atoms with E-state index in [1.54, 1.807) is 6.07 Å². The molecule has 0 aliphatic rings. The molecule has 1 rings (SSSR count). The molecule has 0 radical (unpaired) electrons. The number of halogens is 1. The van der Waals surface area contributed by atoms with Gasteiger partial charge in [-0.1, -0.05) is 0 Å². The SMILES string of the molecule is Cc1ccc(C(C)(F)C(=O)O)s1. The van der Waals surface area contributed by atoms with Crippen LogP contribution < -0.4 is 0 Å². The Kier molecular flexibility index (Phi) is 2.19. The van der Waals surface area contributed by atoms with Crippen molar-refractivity contribution in [3.05, 3.63) is 21.9 Å². The Morgan fingerprint density at radius 1 is 1.67 bits per heavy atom. The van der Waals surface area contributed by atoms with Gasteiger partial charge in [0, 0.05) is 4.88 Å². The summed E-state index contributed by atoms with van der Waals surface area (Å²) in [4.78, 5) is 11.6. The molecule has 0 spiro atoms. The third-order valence-corrected chi connectivity index (χ3v) is 2.80. The van der Waals surface area contributed by atoms with Gasteiger partial charge in [-0.25, -0.2) is 9.18 Å². The Labute approximate surface area is 73.7 Å². The number of hydrogen-bond donors (Lipinski definition) is 1.